The highest BCUT2D eigenvalue weighted by Crippen LogP contribution is 2.33. The lowest BCUT2D eigenvalue weighted by Gasteiger charge is -2.19. The summed E-state index contributed by atoms with van der Waals surface area (Å²) < 4.78 is 0. The van der Waals surface area contributed by atoms with Crippen LogP contribution in [-0.4, -0.2) is 14.9 Å². The molecule has 0 bridgehead atoms. The summed E-state index contributed by atoms with van der Waals surface area (Å²) in [5.41, 5.74) is 4.09. The Labute approximate surface area is 140 Å². The van der Waals surface area contributed by atoms with E-state index >= 15 is 0 Å². The Hall–Kier alpha value is -2.82. The summed E-state index contributed by atoms with van der Waals surface area (Å²) in [6.07, 6.45) is 0. The minimum atomic E-state index is -1.33. The zero-order valence-corrected chi connectivity index (χ0v) is 14.2. The third-order valence-corrected chi connectivity index (χ3v) is 4.36. The lowest BCUT2D eigenvalue weighted by Crippen LogP contribution is -2.30. The van der Waals surface area contributed by atoms with E-state index in [1.54, 1.807) is 13.8 Å². The fraction of sp³-hybridized carbons (Fsp3) is 0.263. The summed E-state index contributed by atoms with van der Waals surface area (Å²) in [7, 11) is 0. The summed E-state index contributed by atoms with van der Waals surface area (Å²) >= 11 is 0. The van der Waals surface area contributed by atoms with Gasteiger partial charge in [-0.25, -0.2) is 9.97 Å². The van der Waals surface area contributed by atoms with E-state index in [1.165, 1.54) is 0 Å². The Morgan fingerprint density at radius 3 is 2.04 bits per heavy atom. The molecule has 0 aliphatic rings. The van der Waals surface area contributed by atoms with Crippen molar-refractivity contribution in [1.29, 1.82) is 0 Å². The Bertz CT molecular complexity index is 934. The average Bonchev–Trinajstić information content (AvgIpc) is 2.55. The van der Waals surface area contributed by atoms with Gasteiger partial charge >= 0.3 is 0 Å². The minimum Gasteiger partial charge on any atom is -0.264 e. The third-order valence-electron chi connectivity index (χ3n) is 4.36. The Balaban J connectivity index is 2.38. The maximum absolute atomic E-state index is 11.6. The zero-order chi connectivity index (χ0) is 17.5. The van der Waals surface area contributed by atoms with Gasteiger partial charge in [0.25, 0.3) is 5.54 Å². The standard InChI is InChI=1S/C19H19N3O2/c1-12-10-15-16(11-13(12)2)21-18(19(3,4)22(23)24)17(20-15)14-8-6-5-7-9-14/h5-11H,1-4H3. The SMILES string of the molecule is Cc1cc2nc(-c3ccccc3)c(C(C)(C)[N+](=O)[O-])nc2cc1C. The largest absolute Gasteiger partial charge is 0.264 e. The molecule has 0 atom stereocenters. The molecule has 0 saturated heterocycles. The third kappa shape index (κ3) is 2.62. The molecule has 0 N–H and O–H groups in total. The van der Waals surface area contributed by atoms with Crippen LogP contribution >= 0.6 is 0 Å². The fourth-order valence-corrected chi connectivity index (χ4v) is 2.62. The van der Waals surface area contributed by atoms with Gasteiger partial charge in [0, 0.05) is 24.3 Å². The molecule has 5 heteroatoms. The first-order valence-electron chi connectivity index (χ1n) is 7.80. The van der Waals surface area contributed by atoms with Gasteiger partial charge in [0.05, 0.1) is 16.7 Å². The molecule has 0 unspecified atom stereocenters. The van der Waals surface area contributed by atoms with E-state index in [9.17, 15) is 10.1 Å². The number of aryl methyl sites for hydroxylation is 2. The van der Waals surface area contributed by atoms with Crippen molar-refractivity contribution in [2.24, 2.45) is 0 Å². The number of aromatic nitrogens is 2. The predicted octanol–water partition coefficient (Wildman–Crippen LogP) is 4.43. The highest BCUT2D eigenvalue weighted by atomic mass is 16.6. The molecule has 3 rings (SSSR count). The van der Waals surface area contributed by atoms with Gasteiger partial charge < -0.3 is 0 Å². The van der Waals surface area contributed by atoms with Crippen molar-refractivity contribution in [1.82, 2.24) is 9.97 Å². The minimum absolute atomic E-state index is 0.309. The smallest absolute Gasteiger partial charge is 0.260 e. The van der Waals surface area contributed by atoms with E-state index in [2.05, 4.69) is 4.98 Å². The molecule has 0 amide bonds. The summed E-state index contributed by atoms with van der Waals surface area (Å²) in [6, 6.07) is 13.4. The highest BCUT2D eigenvalue weighted by Gasteiger charge is 2.38. The molecular weight excluding hydrogens is 302 g/mol. The summed E-state index contributed by atoms with van der Waals surface area (Å²) in [5, 5.41) is 11.6. The molecule has 1 aromatic heterocycles. The van der Waals surface area contributed by atoms with Gasteiger partial charge in [0.15, 0.2) is 0 Å². The van der Waals surface area contributed by atoms with Crippen LogP contribution in [0.5, 0.6) is 0 Å². The van der Waals surface area contributed by atoms with Crippen LogP contribution in [-0.2, 0) is 5.54 Å². The van der Waals surface area contributed by atoms with Crippen LogP contribution in [0.15, 0.2) is 42.5 Å². The zero-order valence-electron chi connectivity index (χ0n) is 14.2. The van der Waals surface area contributed by atoms with Crippen LogP contribution in [0.3, 0.4) is 0 Å². The molecule has 0 radical (unpaired) electrons. The van der Waals surface area contributed by atoms with Crippen molar-refractivity contribution in [3.8, 4) is 11.3 Å². The van der Waals surface area contributed by atoms with Crippen molar-refractivity contribution in [2.75, 3.05) is 0 Å². The van der Waals surface area contributed by atoms with Crippen molar-refractivity contribution < 1.29 is 4.92 Å². The van der Waals surface area contributed by atoms with E-state index < -0.39 is 5.54 Å². The molecule has 0 fully saturated rings. The van der Waals surface area contributed by atoms with Crippen LogP contribution in [0, 0.1) is 24.0 Å². The molecule has 122 valence electrons. The van der Waals surface area contributed by atoms with Crippen LogP contribution in [0.1, 0.15) is 30.7 Å². The molecule has 2 aromatic carbocycles. The van der Waals surface area contributed by atoms with Gasteiger partial charge in [-0.05, 0) is 37.1 Å². The number of nitro groups is 1. The first-order valence-corrected chi connectivity index (χ1v) is 7.80. The highest BCUT2D eigenvalue weighted by molar-refractivity contribution is 5.80. The number of fused-ring (bicyclic) bond motifs is 1. The van der Waals surface area contributed by atoms with Gasteiger partial charge in [-0.1, -0.05) is 30.3 Å². The van der Waals surface area contributed by atoms with E-state index in [0.717, 1.165) is 22.2 Å². The normalized spacial score (nSPS) is 11.7. The summed E-state index contributed by atoms with van der Waals surface area (Å²) in [5.74, 6) is 0. The van der Waals surface area contributed by atoms with E-state index in [0.29, 0.717) is 16.9 Å². The summed E-state index contributed by atoms with van der Waals surface area (Å²) in [6.45, 7) is 7.15. The van der Waals surface area contributed by atoms with Crippen molar-refractivity contribution >= 4 is 11.0 Å². The number of hydrogen-bond donors (Lipinski definition) is 0. The number of nitrogens with zero attached hydrogens (tertiary/aromatic N) is 3. The monoisotopic (exact) mass is 321 g/mol. The first-order chi connectivity index (χ1) is 11.3. The lowest BCUT2D eigenvalue weighted by atomic mass is 9.95. The number of rotatable bonds is 3. The molecule has 5 nitrogen and oxygen atoms in total. The number of benzene rings is 2. The van der Waals surface area contributed by atoms with E-state index in [-0.39, 0.29) is 4.92 Å². The Morgan fingerprint density at radius 2 is 1.50 bits per heavy atom. The molecule has 0 aliphatic carbocycles. The maximum atomic E-state index is 11.6. The van der Waals surface area contributed by atoms with Crippen LogP contribution in [0.4, 0.5) is 0 Å². The molecule has 1 heterocycles. The average molecular weight is 321 g/mol. The molecule has 0 saturated carbocycles. The maximum Gasteiger partial charge on any atom is 0.260 e. The van der Waals surface area contributed by atoms with Crippen molar-refractivity contribution in [2.45, 2.75) is 33.2 Å². The van der Waals surface area contributed by atoms with Crippen LogP contribution < -0.4 is 0 Å². The number of hydrogen-bond acceptors (Lipinski definition) is 4. The second-order valence-corrected chi connectivity index (χ2v) is 6.53. The lowest BCUT2D eigenvalue weighted by molar-refractivity contribution is -0.570. The molecular formula is C19H19N3O2. The van der Waals surface area contributed by atoms with Gasteiger partial charge in [0.2, 0.25) is 0 Å². The van der Waals surface area contributed by atoms with Crippen LogP contribution in [0.25, 0.3) is 22.3 Å². The second kappa shape index (κ2) is 5.67. The topological polar surface area (TPSA) is 68.9 Å². The molecule has 3 aromatic rings. The quantitative estimate of drug-likeness (QED) is 0.529. The molecule has 24 heavy (non-hydrogen) atoms. The molecule has 0 aliphatic heterocycles. The van der Waals surface area contributed by atoms with Crippen molar-refractivity contribution in [3.63, 3.8) is 0 Å². The van der Waals surface area contributed by atoms with E-state index in [1.807, 2.05) is 56.3 Å². The van der Waals surface area contributed by atoms with Gasteiger partial charge in [0.1, 0.15) is 5.69 Å². The predicted molar refractivity (Wildman–Crippen MR) is 94.5 cm³/mol. The molecule has 0 spiro atoms. The summed E-state index contributed by atoms with van der Waals surface area (Å²) in [4.78, 5) is 20.7. The fourth-order valence-electron chi connectivity index (χ4n) is 2.62. The Morgan fingerprint density at radius 1 is 0.958 bits per heavy atom. The Kier molecular flexibility index (Phi) is 3.79. The van der Waals surface area contributed by atoms with Crippen molar-refractivity contribution in [3.05, 3.63) is 69.4 Å². The second-order valence-electron chi connectivity index (χ2n) is 6.53. The van der Waals surface area contributed by atoms with Gasteiger partial charge in [-0.2, -0.15) is 0 Å². The van der Waals surface area contributed by atoms with Gasteiger partial charge in [-0.15, -0.1) is 0 Å². The first kappa shape index (κ1) is 16.1. The van der Waals surface area contributed by atoms with E-state index in [4.69, 9.17) is 4.98 Å². The van der Waals surface area contributed by atoms with Gasteiger partial charge in [-0.3, -0.25) is 10.1 Å². The van der Waals surface area contributed by atoms with Crippen LogP contribution in [0.2, 0.25) is 0 Å².